The van der Waals surface area contributed by atoms with Gasteiger partial charge in [0, 0.05) is 24.7 Å². The van der Waals surface area contributed by atoms with Gasteiger partial charge in [0.1, 0.15) is 5.75 Å². The smallest absolute Gasteiger partial charge is 0.191 e. The molecule has 7 heteroatoms. The maximum absolute atomic E-state index is 5.98. The third-order valence-corrected chi connectivity index (χ3v) is 6.66. The summed E-state index contributed by atoms with van der Waals surface area (Å²) in [6.45, 7) is 3.60. The molecule has 2 bridgehead atoms. The second-order valence-corrected chi connectivity index (χ2v) is 8.81. The van der Waals surface area contributed by atoms with Crippen LogP contribution in [0.15, 0.2) is 53.5 Å². The van der Waals surface area contributed by atoms with Crippen LogP contribution >= 0.6 is 24.0 Å². The molecule has 2 aliphatic rings. The Kier molecular flexibility index (Phi) is 9.67. The minimum atomic E-state index is 0. The number of para-hydroxylation sites is 2. The van der Waals surface area contributed by atoms with E-state index in [0.29, 0.717) is 30.4 Å². The van der Waals surface area contributed by atoms with Crippen LogP contribution in [0.4, 0.5) is 0 Å². The molecule has 2 heterocycles. The maximum atomic E-state index is 5.98. The molecule has 0 aliphatic carbocycles. The first-order valence-corrected chi connectivity index (χ1v) is 11.8. The first-order valence-electron chi connectivity index (χ1n) is 11.8. The van der Waals surface area contributed by atoms with Gasteiger partial charge in [0.05, 0.1) is 13.7 Å². The highest BCUT2D eigenvalue weighted by atomic mass is 127. The van der Waals surface area contributed by atoms with Crippen LogP contribution in [-0.4, -0.2) is 49.7 Å². The summed E-state index contributed by atoms with van der Waals surface area (Å²) in [6.07, 6.45) is 6.42. The zero-order valence-corrected chi connectivity index (χ0v) is 22.3. The van der Waals surface area contributed by atoms with Crippen LogP contribution in [0.5, 0.6) is 17.2 Å². The van der Waals surface area contributed by atoms with Gasteiger partial charge in [-0.25, -0.2) is 4.99 Å². The zero-order chi connectivity index (χ0) is 22.3. The van der Waals surface area contributed by atoms with E-state index in [9.17, 15) is 0 Å². The van der Waals surface area contributed by atoms with E-state index in [1.165, 1.54) is 32.1 Å². The fraction of sp³-hybridized carbons (Fsp3) is 0.500. The number of hydrogen-bond acceptors (Lipinski definition) is 4. The Morgan fingerprint density at radius 2 is 1.70 bits per heavy atom. The molecule has 0 spiro atoms. The molecule has 0 radical (unpaired) electrons. The number of rotatable bonds is 7. The van der Waals surface area contributed by atoms with Gasteiger partial charge in [-0.05, 0) is 69.5 Å². The normalized spacial score (nSPS) is 22.8. The van der Waals surface area contributed by atoms with Crippen LogP contribution in [0.3, 0.4) is 0 Å². The van der Waals surface area contributed by atoms with Crippen LogP contribution in [0.25, 0.3) is 0 Å². The van der Waals surface area contributed by atoms with Crippen LogP contribution in [0, 0.1) is 0 Å². The lowest BCUT2D eigenvalue weighted by Crippen LogP contribution is -2.56. The van der Waals surface area contributed by atoms with Crippen molar-refractivity contribution < 1.29 is 9.47 Å². The topological polar surface area (TPSA) is 58.1 Å². The monoisotopic (exact) mass is 564 g/mol. The zero-order valence-electron chi connectivity index (χ0n) is 19.9. The van der Waals surface area contributed by atoms with Gasteiger partial charge < -0.3 is 25.0 Å². The van der Waals surface area contributed by atoms with Crippen molar-refractivity contribution in [2.24, 2.45) is 4.99 Å². The predicted molar refractivity (Wildman–Crippen MR) is 145 cm³/mol. The molecule has 4 rings (SSSR count). The van der Waals surface area contributed by atoms with E-state index in [-0.39, 0.29) is 24.0 Å². The van der Waals surface area contributed by atoms with Crippen molar-refractivity contribution in [2.75, 3.05) is 20.7 Å². The number of piperidine rings is 2. The van der Waals surface area contributed by atoms with Gasteiger partial charge in [-0.3, -0.25) is 0 Å². The Hall–Kier alpha value is -2.00. The van der Waals surface area contributed by atoms with Gasteiger partial charge >= 0.3 is 0 Å². The van der Waals surface area contributed by atoms with E-state index in [1.807, 2.05) is 36.4 Å². The van der Waals surface area contributed by atoms with E-state index in [0.717, 1.165) is 29.6 Å². The van der Waals surface area contributed by atoms with Gasteiger partial charge in [-0.2, -0.15) is 0 Å². The highest BCUT2D eigenvalue weighted by Crippen LogP contribution is 2.33. The lowest BCUT2D eigenvalue weighted by Gasteiger charge is -2.47. The third-order valence-electron chi connectivity index (χ3n) is 6.66. The molecular weight excluding hydrogens is 527 g/mol. The minimum absolute atomic E-state index is 0. The quantitative estimate of drug-likeness (QED) is 0.276. The summed E-state index contributed by atoms with van der Waals surface area (Å²) >= 11 is 0. The first kappa shape index (κ1) is 25.6. The molecule has 33 heavy (non-hydrogen) atoms. The van der Waals surface area contributed by atoms with E-state index in [2.05, 4.69) is 41.6 Å². The number of guanidine groups is 1. The van der Waals surface area contributed by atoms with Gasteiger partial charge in [0.2, 0.25) is 0 Å². The summed E-state index contributed by atoms with van der Waals surface area (Å²) in [5, 5.41) is 7.13. The fourth-order valence-corrected chi connectivity index (χ4v) is 4.91. The molecule has 0 aromatic heterocycles. The second kappa shape index (κ2) is 12.5. The number of halogens is 1. The standard InChI is InChI=1S/C26H36N4O2.HI/c1-4-27-26(29-20-16-21-8-7-9-22(17-20)30(21)2)28-18-19-12-14-23(15-13-19)32-25-11-6-5-10-24(25)31-3;/h5-6,10-15,20-22H,4,7-9,16-18H2,1-3H3,(H2,27,28,29);1H. The Morgan fingerprint density at radius 1 is 1.03 bits per heavy atom. The van der Waals surface area contributed by atoms with Crippen LogP contribution in [0.1, 0.15) is 44.6 Å². The van der Waals surface area contributed by atoms with Gasteiger partial charge in [0.15, 0.2) is 17.5 Å². The summed E-state index contributed by atoms with van der Waals surface area (Å²) < 4.78 is 11.3. The summed E-state index contributed by atoms with van der Waals surface area (Å²) in [5.74, 6) is 3.13. The molecule has 6 nitrogen and oxygen atoms in total. The molecule has 0 saturated carbocycles. The molecule has 2 fully saturated rings. The van der Waals surface area contributed by atoms with Crippen LogP contribution < -0.4 is 20.1 Å². The Morgan fingerprint density at radius 3 is 2.33 bits per heavy atom. The molecule has 180 valence electrons. The number of nitrogens with zero attached hydrogens (tertiary/aromatic N) is 2. The largest absolute Gasteiger partial charge is 0.493 e. The number of aliphatic imine (C=N–C) groups is 1. The van der Waals surface area contributed by atoms with Crippen molar-refractivity contribution >= 4 is 29.9 Å². The Bertz CT molecular complexity index is 891. The lowest BCUT2D eigenvalue weighted by molar-refractivity contribution is 0.0526. The fourth-order valence-electron chi connectivity index (χ4n) is 4.91. The number of benzene rings is 2. The SMILES string of the molecule is CCNC(=NCc1ccc(Oc2ccccc2OC)cc1)NC1CC2CCCC(C1)N2C.I. The average molecular weight is 565 g/mol. The first-order chi connectivity index (χ1) is 15.7. The van der Waals surface area contributed by atoms with Crippen molar-refractivity contribution in [2.45, 2.75) is 63.7 Å². The Balaban J connectivity index is 0.00000306. The van der Waals surface area contributed by atoms with Crippen molar-refractivity contribution in [3.05, 3.63) is 54.1 Å². The summed E-state index contributed by atoms with van der Waals surface area (Å²) in [7, 11) is 3.95. The third kappa shape index (κ3) is 6.76. The minimum Gasteiger partial charge on any atom is -0.493 e. The summed E-state index contributed by atoms with van der Waals surface area (Å²) in [5.41, 5.74) is 1.15. The number of hydrogen-bond donors (Lipinski definition) is 2. The number of methoxy groups -OCH3 is 1. The van der Waals surface area contributed by atoms with Crippen LogP contribution in [-0.2, 0) is 6.54 Å². The van der Waals surface area contributed by atoms with E-state index < -0.39 is 0 Å². The molecule has 2 atom stereocenters. The molecule has 2 N–H and O–H groups in total. The average Bonchev–Trinajstić information content (AvgIpc) is 2.79. The van der Waals surface area contributed by atoms with E-state index >= 15 is 0 Å². The van der Waals surface area contributed by atoms with Gasteiger partial charge in [-0.15, -0.1) is 24.0 Å². The molecule has 0 amide bonds. The van der Waals surface area contributed by atoms with Crippen molar-refractivity contribution in [1.82, 2.24) is 15.5 Å². The molecule has 2 aliphatic heterocycles. The Labute approximate surface area is 215 Å². The molecule has 2 saturated heterocycles. The van der Waals surface area contributed by atoms with Gasteiger partial charge in [0.25, 0.3) is 0 Å². The lowest BCUT2D eigenvalue weighted by atomic mass is 9.82. The number of ether oxygens (including phenoxy) is 2. The molecular formula is C26H37IN4O2. The summed E-state index contributed by atoms with van der Waals surface area (Å²) in [4.78, 5) is 7.45. The second-order valence-electron chi connectivity index (χ2n) is 8.81. The van der Waals surface area contributed by atoms with E-state index in [1.54, 1.807) is 7.11 Å². The van der Waals surface area contributed by atoms with Crippen molar-refractivity contribution in [3.63, 3.8) is 0 Å². The highest BCUT2D eigenvalue weighted by molar-refractivity contribution is 14.0. The van der Waals surface area contributed by atoms with Crippen LogP contribution in [0.2, 0.25) is 0 Å². The molecule has 2 unspecified atom stereocenters. The molecule has 2 aromatic rings. The van der Waals surface area contributed by atoms with Crippen molar-refractivity contribution in [3.8, 4) is 17.2 Å². The predicted octanol–water partition coefficient (Wildman–Crippen LogP) is 5.18. The summed E-state index contributed by atoms with van der Waals surface area (Å²) in [6, 6.07) is 17.7. The number of fused-ring (bicyclic) bond motifs is 2. The number of nitrogens with one attached hydrogen (secondary N) is 2. The highest BCUT2D eigenvalue weighted by Gasteiger charge is 2.36. The van der Waals surface area contributed by atoms with Crippen molar-refractivity contribution in [1.29, 1.82) is 0 Å². The molecule has 2 aromatic carbocycles. The van der Waals surface area contributed by atoms with Gasteiger partial charge in [-0.1, -0.05) is 30.7 Å². The maximum Gasteiger partial charge on any atom is 0.191 e. The van der Waals surface area contributed by atoms with E-state index in [4.69, 9.17) is 14.5 Å².